The average molecular weight is 413 g/mol. The number of pyridine rings is 1. The second-order valence-electron chi connectivity index (χ2n) is 7.83. The van der Waals surface area contributed by atoms with Crippen molar-refractivity contribution < 1.29 is 9.53 Å². The van der Waals surface area contributed by atoms with Crippen LogP contribution in [-0.2, 0) is 16.8 Å². The third-order valence-corrected chi connectivity index (χ3v) is 5.78. The molecule has 156 valence electrons. The second-order valence-corrected chi connectivity index (χ2v) is 7.83. The van der Waals surface area contributed by atoms with Crippen molar-refractivity contribution in [3.05, 3.63) is 78.1 Å². The highest BCUT2D eigenvalue weighted by Gasteiger charge is 2.54. The van der Waals surface area contributed by atoms with E-state index in [0.717, 1.165) is 29.7 Å². The molecule has 7 heteroatoms. The van der Waals surface area contributed by atoms with Crippen LogP contribution in [0.2, 0.25) is 0 Å². The number of anilines is 1. The second kappa shape index (κ2) is 7.43. The third-order valence-electron chi connectivity index (χ3n) is 5.78. The Morgan fingerprint density at radius 2 is 1.84 bits per heavy atom. The Balaban J connectivity index is 1.50. The van der Waals surface area contributed by atoms with Gasteiger partial charge in [-0.05, 0) is 42.7 Å². The molecule has 1 aliphatic carbocycles. The summed E-state index contributed by atoms with van der Waals surface area (Å²) < 4.78 is 7.26. The minimum atomic E-state index is -0.690. The monoisotopic (exact) mass is 413 g/mol. The number of carbonyl (C=O) groups excluding carboxylic acids is 1. The predicted molar refractivity (Wildman–Crippen MR) is 119 cm³/mol. The fraction of sp³-hybridized carbons (Fsp3) is 0.208. The van der Waals surface area contributed by atoms with Crippen molar-refractivity contribution in [2.75, 3.05) is 12.8 Å². The number of methoxy groups -OCH3 is 1. The standard InChI is InChI=1S/C24H23N5O2/c1-31-20-12-11-19(17-7-9-18(25)10-8-17)29-21(20)27-22(28-29)24(13-14-24)23(30)26-15-16-5-3-2-4-6-16/h2-12H,13-15,25H2,1H3,(H,26,30). The van der Waals surface area contributed by atoms with E-state index in [4.69, 9.17) is 20.6 Å². The van der Waals surface area contributed by atoms with Crippen LogP contribution in [0.25, 0.3) is 16.9 Å². The Kier molecular flexibility index (Phi) is 4.58. The van der Waals surface area contributed by atoms with E-state index in [1.54, 1.807) is 11.6 Å². The van der Waals surface area contributed by atoms with Gasteiger partial charge in [0.15, 0.2) is 17.2 Å². The SMILES string of the molecule is COc1ccc(-c2ccc(N)cc2)n2nc(C3(C(=O)NCc4ccccc4)CC3)nc12. The van der Waals surface area contributed by atoms with Gasteiger partial charge in [-0.1, -0.05) is 42.5 Å². The third kappa shape index (κ3) is 3.38. The quantitative estimate of drug-likeness (QED) is 0.473. The van der Waals surface area contributed by atoms with Crippen molar-refractivity contribution in [3.8, 4) is 17.0 Å². The molecule has 5 rings (SSSR count). The zero-order valence-corrected chi connectivity index (χ0v) is 17.2. The van der Waals surface area contributed by atoms with Crippen LogP contribution in [0.15, 0.2) is 66.7 Å². The van der Waals surface area contributed by atoms with Gasteiger partial charge in [0.2, 0.25) is 5.91 Å². The maximum Gasteiger partial charge on any atom is 0.234 e. The molecule has 0 aliphatic heterocycles. The molecule has 31 heavy (non-hydrogen) atoms. The fourth-order valence-electron chi connectivity index (χ4n) is 3.80. The van der Waals surface area contributed by atoms with Crippen molar-refractivity contribution in [3.63, 3.8) is 0 Å². The van der Waals surface area contributed by atoms with Crippen LogP contribution >= 0.6 is 0 Å². The number of nitrogens with two attached hydrogens (primary N) is 1. The molecule has 1 amide bonds. The van der Waals surface area contributed by atoms with Gasteiger partial charge in [0.25, 0.3) is 0 Å². The molecule has 2 heterocycles. The van der Waals surface area contributed by atoms with Crippen molar-refractivity contribution in [2.45, 2.75) is 24.8 Å². The summed E-state index contributed by atoms with van der Waals surface area (Å²) >= 11 is 0. The summed E-state index contributed by atoms with van der Waals surface area (Å²) in [4.78, 5) is 17.8. The van der Waals surface area contributed by atoms with Gasteiger partial charge < -0.3 is 15.8 Å². The summed E-state index contributed by atoms with van der Waals surface area (Å²) in [5.74, 6) is 1.10. The van der Waals surface area contributed by atoms with Crippen LogP contribution in [0, 0.1) is 0 Å². The number of amides is 1. The molecular formula is C24H23N5O2. The van der Waals surface area contributed by atoms with Crippen molar-refractivity contribution >= 4 is 17.2 Å². The molecule has 0 atom stereocenters. The van der Waals surface area contributed by atoms with Crippen LogP contribution in [-0.4, -0.2) is 27.6 Å². The number of nitrogens with zero attached hydrogens (tertiary/aromatic N) is 3. The molecule has 0 bridgehead atoms. The molecule has 0 unspecified atom stereocenters. The number of fused-ring (bicyclic) bond motifs is 1. The highest BCUT2D eigenvalue weighted by molar-refractivity contribution is 5.90. The molecule has 7 nitrogen and oxygen atoms in total. The molecule has 0 spiro atoms. The number of nitrogen functional groups attached to an aromatic ring is 1. The lowest BCUT2D eigenvalue weighted by Gasteiger charge is -2.12. The predicted octanol–water partition coefficient (Wildman–Crippen LogP) is 3.34. The Hall–Kier alpha value is -3.87. The van der Waals surface area contributed by atoms with Crippen LogP contribution in [0.4, 0.5) is 5.69 Å². The Morgan fingerprint density at radius 1 is 1.10 bits per heavy atom. The molecule has 3 N–H and O–H groups in total. The first-order valence-electron chi connectivity index (χ1n) is 10.2. The Bertz CT molecular complexity index is 1240. The Labute approximate surface area is 179 Å². The first-order valence-corrected chi connectivity index (χ1v) is 10.2. The summed E-state index contributed by atoms with van der Waals surface area (Å²) in [5, 5.41) is 7.82. The van der Waals surface area contributed by atoms with Gasteiger partial charge >= 0.3 is 0 Å². The summed E-state index contributed by atoms with van der Waals surface area (Å²) in [6.07, 6.45) is 1.45. The first kappa shape index (κ1) is 19.1. The van der Waals surface area contributed by atoms with Gasteiger partial charge in [0, 0.05) is 17.8 Å². The van der Waals surface area contributed by atoms with E-state index >= 15 is 0 Å². The number of hydrogen-bond donors (Lipinski definition) is 2. The van der Waals surface area contributed by atoms with Gasteiger partial charge in [-0.25, -0.2) is 9.50 Å². The van der Waals surface area contributed by atoms with E-state index in [2.05, 4.69) is 5.32 Å². The minimum Gasteiger partial charge on any atom is -0.493 e. The lowest BCUT2D eigenvalue weighted by atomic mass is 10.1. The zero-order valence-electron chi connectivity index (χ0n) is 17.2. The maximum atomic E-state index is 13.1. The minimum absolute atomic E-state index is 0.0414. The topological polar surface area (TPSA) is 94.5 Å². The lowest BCUT2D eigenvalue weighted by molar-refractivity contribution is -0.123. The van der Waals surface area contributed by atoms with E-state index in [0.29, 0.717) is 29.5 Å². The van der Waals surface area contributed by atoms with Crippen molar-refractivity contribution in [2.24, 2.45) is 0 Å². The van der Waals surface area contributed by atoms with E-state index in [9.17, 15) is 4.79 Å². The molecule has 2 aromatic heterocycles. The molecule has 1 fully saturated rings. The van der Waals surface area contributed by atoms with Gasteiger partial charge in [-0.3, -0.25) is 4.79 Å². The normalized spacial score (nSPS) is 14.4. The number of ether oxygens (including phenoxy) is 1. The summed E-state index contributed by atoms with van der Waals surface area (Å²) in [6.45, 7) is 0.481. The molecule has 4 aromatic rings. The first-order chi connectivity index (χ1) is 15.1. The van der Waals surface area contributed by atoms with E-state index in [-0.39, 0.29) is 5.91 Å². The number of rotatable bonds is 6. The number of hydrogen-bond acceptors (Lipinski definition) is 5. The van der Waals surface area contributed by atoms with Gasteiger partial charge in [0.05, 0.1) is 12.8 Å². The lowest BCUT2D eigenvalue weighted by Crippen LogP contribution is -2.35. The summed E-state index contributed by atoms with van der Waals surface area (Å²) in [6, 6.07) is 21.3. The average Bonchev–Trinajstić information content (AvgIpc) is 3.50. The van der Waals surface area contributed by atoms with Gasteiger partial charge in [0.1, 0.15) is 5.41 Å². The van der Waals surface area contributed by atoms with Crippen molar-refractivity contribution in [1.82, 2.24) is 19.9 Å². The van der Waals surface area contributed by atoms with Crippen LogP contribution in [0.1, 0.15) is 24.2 Å². The smallest absolute Gasteiger partial charge is 0.234 e. The fourth-order valence-corrected chi connectivity index (χ4v) is 3.80. The molecule has 0 saturated heterocycles. The number of benzene rings is 2. The maximum absolute atomic E-state index is 13.1. The van der Waals surface area contributed by atoms with Crippen molar-refractivity contribution in [1.29, 1.82) is 0 Å². The van der Waals surface area contributed by atoms with Gasteiger partial charge in [-0.15, -0.1) is 5.10 Å². The van der Waals surface area contributed by atoms with Gasteiger partial charge in [-0.2, -0.15) is 0 Å². The van der Waals surface area contributed by atoms with Crippen LogP contribution in [0.5, 0.6) is 5.75 Å². The molecule has 0 radical (unpaired) electrons. The molecule has 1 aliphatic rings. The van der Waals surface area contributed by atoms with Crippen LogP contribution < -0.4 is 15.8 Å². The van der Waals surface area contributed by atoms with E-state index in [1.165, 1.54) is 0 Å². The van der Waals surface area contributed by atoms with E-state index in [1.807, 2.05) is 66.7 Å². The van der Waals surface area contributed by atoms with E-state index < -0.39 is 5.41 Å². The summed E-state index contributed by atoms with van der Waals surface area (Å²) in [5.41, 5.74) is 9.30. The number of nitrogens with one attached hydrogen (secondary N) is 1. The zero-order chi connectivity index (χ0) is 21.4. The highest BCUT2D eigenvalue weighted by atomic mass is 16.5. The number of carbonyl (C=O) groups is 1. The Morgan fingerprint density at radius 3 is 2.52 bits per heavy atom. The van der Waals surface area contributed by atoms with Crippen LogP contribution in [0.3, 0.4) is 0 Å². The molecule has 1 saturated carbocycles. The number of aromatic nitrogens is 3. The molecular weight excluding hydrogens is 390 g/mol. The largest absolute Gasteiger partial charge is 0.493 e. The summed E-state index contributed by atoms with van der Waals surface area (Å²) in [7, 11) is 1.60. The molecule has 2 aromatic carbocycles. The highest BCUT2D eigenvalue weighted by Crippen LogP contribution is 2.47.